The summed E-state index contributed by atoms with van der Waals surface area (Å²) < 4.78 is 0. The van der Waals surface area contributed by atoms with E-state index < -0.39 is 0 Å². The smallest absolute Gasteiger partial charge is 0.253 e. The number of rotatable bonds is 5. The van der Waals surface area contributed by atoms with Crippen LogP contribution in [0.3, 0.4) is 0 Å². The molecule has 2 rings (SSSR count). The van der Waals surface area contributed by atoms with Crippen molar-refractivity contribution in [2.45, 2.75) is 24.5 Å². The molecule has 6 heteroatoms. The predicted octanol–water partition coefficient (Wildman–Crippen LogP) is 1.60. The molecule has 1 aliphatic heterocycles. The first kappa shape index (κ1) is 15.9. The van der Waals surface area contributed by atoms with E-state index in [1.54, 1.807) is 30.0 Å². The van der Waals surface area contributed by atoms with E-state index in [0.29, 0.717) is 24.3 Å². The van der Waals surface area contributed by atoms with E-state index in [4.69, 9.17) is 5.73 Å². The Bertz CT molecular complexity index is 501. The van der Waals surface area contributed by atoms with Crippen molar-refractivity contribution in [1.82, 2.24) is 5.32 Å². The largest absolute Gasteiger partial charge is 0.351 e. The minimum Gasteiger partial charge on any atom is -0.351 e. The van der Waals surface area contributed by atoms with Crippen molar-refractivity contribution >= 4 is 29.3 Å². The second-order valence-electron chi connectivity index (χ2n) is 4.93. The number of benzene rings is 1. The normalized spacial score (nSPS) is 18.0. The molecule has 0 spiro atoms. The third-order valence-corrected chi connectivity index (χ3v) is 4.71. The van der Waals surface area contributed by atoms with Gasteiger partial charge < -0.3 is 16.4 Å². The second kappa shape index (κ2) is 8.05. The van der Waals surface area contributed by atoms with E-state index >= 15 is 0 Å². The Labute approximate surface area is 129 Å². The molecule has 1 saturated heterocycles. The summed E-state index contributed by atoms with van der Waals surface area (Å²) in [5, 5.41) is 5.59. The summed E-state index contributed by atoms with van der Waals surface area (Å²) in [5.41, 5.74) is 6.41. The van der Waals surface area contributed by atoms with Crippen LogP contribution in [-0.4, -0.2) is 35.9 Å². The quantitative estimate of drug-likeness (QED) is 0.771. The molecule has 2 amide bonds. The van der Waals surface area contributed by atoms with Crippen molar-refractivity contribution in [3.05, 3.63) is 29.8 Å². The number of carbonyl (C=O) groups excluding carboxylic acids is 2. The number of nitrogens with two attached hydrogens (primary N) is 1. The SMILES string of the molecule is NCCNC(=O)c1ccccc1NC(=O)C1CCCCS1. The molecule has 5 nitrogen and oxygen atoms in total. The highest BCUT2D eigenvalue weighted by molar-refractivity contribution is 8.00. The molecule has 0 bridgehead atoms. The van der Waals surface area contributed by atoms with E-state index in [9.17, 15) is 9.59 Å². The van der Waals surface area contributed by atoms with Gasteiger partial charge in [0.1, 0.15) is 0 Å². The van der Waals surface area contributed by atoms with Gasteiger partial charge in [-0.1, -0.05) is 18.6 Å². The molecule has 1 fully saturated rings. The summed E-state index contributed by atoms with van der Waals surface area (Å²) in [4.78, 5) is 24.3. The Morgan fingerprint density at radius 2 is 2.10 bits per heavy atom. The fourth-order valence-electron chi connectivity index (χ4n) is 2.23. The van der Waals surface area contributed by atoms with Gasteiger partial charge in [-0.3, -0.25) is 9.59 Å². The number of hydrogen-bond donors (Lipinski definition) is 3. The van der Waals surface area contributed by atoms with Gasteiger partial charge in [0.15, 0.2) is 0 Å². The maximum atomic E-state index is 12.3. The summed E-state index contributed by atoms with van der Waals surface area (Å²) in [7, 11) is 0. The highest BCUT2D eigenvalue weighted by Gasteiger charge is 2.23. The Morgan fingerprint density at radius 1 is 1.29 bits per heavy atom. The van der Waals surface area contributed by atoms with Crippen LogP contribution in [0.25, 0.3) is 0 Å². The van der Waals surface area contributed by atoms with Crippen molar-refractivity contribution < 1.29 is 9.59 Å². The van der Waals surface area contributed by atoms with Crippen LogP contribution in [0.15, 0.2) is 24.3 Å². The Balaban J connectivity index is 2.05. The van der Waals surface area contributed by atoms with Crippen molar-refractivity contribution in [3.8, 4) is 0 Å². The number of anilines is 1. The molecule has 0 aliphatic carbocycles. The molecule has 0 saturated carbocycles. The maximum Gasteiger partial charge on any atom is 0.253 e. The molecule has 114 valence electrons. The van der Waals surface area contributed by atoms with Gasteiger partial charge in [0, 0.05) is 13.1 Å². The summed E-state index contributed by atoms with van der Waals surface area (Å²) >= 11 is 1.69. The van der Waals surface area contributed by atoms with Gasteiger partial charge in [0.25, 0.3) is 5.91 Å². The maximum absolute atomic E-state index is 12.3. The molecule has 1 aromatic carbocycles. The number of para-hydroxylation sites is 1. The molecule has 1 aromatic rings. The predicted molar refractivity (Wildman–Crippen MR) is 86.6 cm³/mol. The molecule has 0 aromatic heterocycles. The number of hydrogen-bond acceptors (Lipinski definition) is 4. The average molecular weight is 307 g/mol. The first-order valence-corrected chi connectivity index (χ1v) is 8.27. The van der Waals surface area contributed by atoms with Gasteiger partial charge in [0.2, 0.25) is 5.91 Å². The van der Waals surface area contributed by atoms with Crippen LogP contribution in [0.4, 0.5) is 5.69 Å². The van der Waals surface area contributed by atoms with E-state index in [-0.39, 0.29) is 17.1 Å². The van der Waals surface area contributed by atoms with Crippen LogP contribution < -0.4 is 16.4 Å². The molecule has 1 unspecified atom stereocenters. The zero-order valence-electron chi connectivity index (χ0n) is 11.9. The van der Waals surface area contributed by atoms with Gasteiger partial charge in [-0.05, 0) is 30.7 Å². The number of thioether (sulfide) groups is 1. The summed E-state index contributed by atoms with van der Waals surface area (Å²) in [6.07, 6.45) is 3.16. The molecular formula is C15H21N3O2S. The fraction of sp³-hybridized carbons (Fsp3) is 0.467. The van der Waals surface area contributed by atoms with Crippen molar-refractivity contribution in [2.75, 3.05) is 24.2 Å². The summed E-state index contributed by atoms with van der Waals surface area (Å²) in [6.45, 7) is 0.804. The lowest BCUT2D eigenvalue weighted by atomic mass is 10.1. The van der Waals surface area contributed by atoms with Gasteiger partial charge in [-0.15, -0.1) is 11.8 Å². The first-order valence-electron chi connectivity index (χ1n) is 7.22. The zero-order valence-corrected chi connectivity index (χ0v) is 12.7. The minimum absolute atomic E-state index is 0.0149. The second-order valence-corrected chi connectivity index (χ2v) is 6.25. The zero-order chi connectivity index (χ0) is 15.1. The molecule has 4 N–H and O–H groups in total. The van der Waals surface area contributed by atoms with Crippen LogP contribution in [0.2, 0.25) is 0 Å². The first-order chi connectivity index (χ1) is 10.2. The van der Waals surface area contributed by atoms with Crippen LogP contribution in [0.5, 0.6) is 0 Å². The van der Waals surface area contributed by atoms with E-state index in [0.717, 1.165) is 18.6 Å². The molecular weight excluding hydrogens is 286 g/mol. The highest BCUT2D eigenvalue weighted by Crippen LogP contribution is 2.26. The van der Waals surface area contributed by atoms with Crippen LogP contribution in [0, 0.1) is 0 Å². The average Bonchev–Trinajstić information content (AvgIpc) is 2.54. The third kappa shape index (κ3) is 4.47. The highest BCUT2D eigenvalue weighted by atomic mass is 32.2. The van der Waals surface area contributed by atoms with E-state index in [1.165, 1.54) is 6.42 Å². The summed E-state index contributed by atoms with van der Waals surface area (Å²) in [5.74, 6) is 0.794. The monoisotopic (exact) mass is 307 g/mol. The van der Waals surface area contributed by atoms with Crippen molar-refractivity contribution in [1.29, 1.82) is 0 Å². The molecule has 0 radical (unpaired) electrons. The van der Waals surface area contributed by atoms with Gasteiger partial charge in [-0.25, -0.2) is 0 Å². The minimum atomic E-state index is -0.215. The van der Waals surface area contributed by atoms with Crippen molar-refractivity contribution in [3.63, 3.8) is 0 Å². The van der Waals surface area contributed by atoms with Gasteiger partial charge in [-0.2, -0.15) is 0 Å². The van der Waals surface area contributed by atoms with E-state index in [1.807, 2.05) is 6.07 Å². The lowest BCUT2D eigenvalue weighted by Gasteiger charge is -2.21. The lowest BCUT2D eigenvalue weighted by Crippen LogP contribution is -2.31. The standard InChI is InChI=1S/C15H21N3O2S/c16-8-9-17-14(19)11-5-1-2-6-12(11)18-15(20)13-7-3-4-10-21-13/h1-2,5-6,13H,3-4,7-10,16H2,(H,17,19)(H,18,20). The Morgan fingerprint density at radius 3 is 2.81 bits per heavy atom. The number of amides is 2. The topological polar surface area (TPSA) is 84.2 Å². The fourth-order valence-corrected chi connectivity index (χ4v) is 3.43. The van der Waals surface area contributed by atoms with Gasteiger partial charge >= 0.3 is 0 Å². The third-order valence-electron chi connectivity index (χ3n) is 3.33. The Hall–Kier alpha value is -1.53. The van der Waals surface area contributed by atoms with Gasteiger partial charge in [0.05, 0.1) is 16.5 Å². The number of nitrogens with one attached hydrogen (secondary N) is 2. The molecule has 1 aliphatic rings. The van der Waals surface area contributed by atoms with Crippen LogP contribution in [-0.2, 0) is 4.79 Å². The lowest BCUT2D eigenvalue weighted by molar-refractivity contribution is -0.115. The van der Waals surface area contributed by atoms with Crippen LogP contribution >= 0.6 is 11.8 Å². The summed E-state index contributed by atoms with van der Waals surface area (Å²) in [6, 6.07) is 7.05. The van der Waals surface area contributed by atoms with E-state index in [2.05, 4.69) is 10.6 Å². The van der Waals surface area contributed by atoms with Crippen molar-refractivity contribution in [2.24, 2.45) is 5.73 Å². The molecule has 1 atom stereocenters. The van der Waals surface area contributed by atoms with Crippen LogP contribution in [0.1, 0.15) is 29.6 Å². The molecule has 21 heavy (non-hydrogen) atoms. The molecule has 1 heterocycles. The Kier molecular flexibility index (Phi) is 6.07. The number of carbonyl (C=O) groups is 2.